The van der Waals surface area contributed by atoms with Crippen LogP contribution in [-0.4, -0.2) is 35.3 Å². The molecule has 0 bridgehead atoms. The number of alkyl halides is 3. The Hall–Kier alpha value is -3.49. The fourth-order valence-electron chi connectivity index (χ4n) is 2.81. The number of hydrogen-bond acceptors (Lipinski definition) is 3. The van der Waals surface area contributed by atoms with Crippen molar-refractivity contribution in [3.8, 4) is 5.75 Å². The van der Waals surface area contributed by atoms with Crippen molar-refractivity contribution in [3.63, 3.8) is 0 Å². The van der Waals surface area contributed by atoms with Crippen molar-refractivity contribution >= 4 is 5.96 Å². The highest BCUT2D eigenvalue weighted by Gasteiger charge is 2.28. The molecule has 0 fully saturated rings. The summed E-state index contributed by atoms with van der Waals surface area (Å²) in [6, 6.07) is 14.7. The highest BCUT2D eigenvalue weighted by atomic mass is 19.4. The average Bonchev–Trinajstić information content (AvgIpc) is 3.27. The first-order valence-corrected chi connectivity index (χ1v) is 9.68. The van der Waals surface area contributed by atoms with Gasteiger partial charge in [0.15, 0.2) is 12.6 Å². The van der Waals surface area contributed by atoms with E-state index in [1.54, 1.807) is 31.7 Å². The molecule has 31 heavy (non-hydrogen) atoms. The molecular formula is C22H24F3N5O. The van der Waals surface area contributed by atoms with E-state index >= 15 is 0 Å². The Morgan fingerprint density at radius 2 is 1.55 bits per heavy atom. The summed E-state index contributed by atoms with van der Waals surface area (Å²) in [5.41, 5.74) is 3.20. The molecule has 0 radical (unpaired) electrons. The fraction of sp³-hybridized carbons (Fsp3) is 0.273. The smallest absolute Gasteiger partial charge is 0.422 e. The second kappa shape index (κ2) is 10.5. The third-order valence-corrected chi connectivity index (χ3v) is 4.42. The number of aromatic nitrogens is 2. The third kappa shape index (κ3) is 7.69. The summed E-state index contributed by atoms with van der Waals surface area (Å²) in [7, 11) is 1.68. The minimum atomic E-state index is -4.35. The molecule has 3 aromatic rings. The van der Waals surface area contributed by atoms with Crippen molar-refractivity contribution in [1.82, 2.24) is 20.2 Å². The average molecular weight is 431 g/mol. The van der Waals surface area contributed by atoms with E-state index in [-0.39, 0.29) is 5.75 Å². The first-order chi connectivity index (χ1) is 14.9. The number of nitrogens with one attached hydrogen (secondary N) is 2. The van der Waals surface area contributed by atoms with Gasteiger partial charge in [0.1, 0.15) is 5.75 Å². The molecule has 9 heteroatoms. The second-order valence-electron chi connectivity index (χ2n) is 6.88. The zero-order chi connectivity index (χ0) is 22.1. The van der Waals surface area contributed by atoms with Gasteiger partial charge in [-0.2, -0.15) is 13.2 Å². The van der Waals surface area contributed by atoms with Crippen molar-refractivity contribution < 1.29 is 17.9 Å². The number of aliphatic imine (C=N–C) groups is 1. The van der Waals surface area contributed by atoms with E-state index in [0.717, 1.165) is 17.7 Å². The van der Waals surface area contributed by atoms with E-state index in [2.05, 4.69) is 44.9 Å². The van der Waals surface area contributed by atoms with E-state index in [1.807, 2.05) is 10.8 Å². The Morgan fingerprint density at radius 1 is 0.968 bits per heavy atom. The van der Waals surface area contributed by atoms with Gasteiger partial charge in [-0.3, -0.25) is 4.99 Å². The summed E-state index contributed by atoms with van der Waals surface area (Å²) in [6.45, 7) is 0.557. The Morgan fingerprint density at radius 3 is 2.06 bits per heavy atom. The van der Waals surface area contributed by atoms with Crippen LogP contribution < -0.4 is 15.4 Å². The molecule has 164 valence electrons. The van der Waals surface area contributed by atoms with Gasteiger partial charge >= 0.3 is 6.18 Å². The van der Waals surface area contributed by atoms with Gasteiger partial charge in [0.2, 0.25) is 0 Å². The monoisotopic (exact) mass is 431 g/mol. The van der Waals surface area contributed by atoms with E-state index in [9.17, 15) is 13.2 Å². The molecule has 1 heterocycles. The van der Waals surface area contributed by atoms with Gasteiger partial charge in [-0.25, -0.2) is 4.98 Å². The molecule has 0 saturated heterocycles. The summed E-state index contributed by atoms with van der Waals surface area (Å²) in [4.78, 5) is 8.23. The lowest BCUT2D eigenvalue weighted by molar-refractivity contribution is -0.153. The molecule has 0 amide bonds. The van der Waals surface area contributed by atoms with E-state index in [1.165, 1.54) is 17.7 Å². The molecule has 0 saturated carbocycles. The first-order valence-electron chi connectivity index (χ1n) is 9.68. The standard InChI is InChI=1S/C22H24F3N5O/c1-26-21(29-13-18-6-8-20(9-7-18)31-15-22(23,24)25)28-12-17-2-4-19(5-3-17)14-30-11-10-27-16-30/h2-11,16H,12-15H2,1H3,(H2,26,28,29). The summed E-state index contributed by atoms with van der Waals surface area (Å²) in [5, 5.41) is 6.42. The first kappa shape index (κ1) is 22.2. The molecule has 0 aliphatic carbocycles. The van der Waals surface area contributed by atoms with Crippen molar-refractivity contribution in [3.05, 3.63) is 83.9 Å². The highest BCUT2D eigenvalue weighted by molar-refractivity contribution is 5.79. The van der Waals surface area contributed by atoms with E-state index < -0.39 is 12.8 Å². The van der Waals surface area contributed by atoms with Crippen LogP contribution in [0.25, 0.3) is 0 Å². The molecule has 2 aromatic carbocycles. The molecule has 0 spiro atoms. The Kier molecular flexibility index (Phi) is 7.53. The van der Waals surface area contributed by atoms with Crippen LogP contribution in [0, 0.1) is 0 Å². The van der Waals surface area contributed by atoms with Crippen molar-refractivity contribution in [2.45, 2.75) is 25.8 Å². The number of imidazole rings is 1. The van der Waals surface area contributed by atoms with Gasteiger partial charge < -0.3 is 19.9 Å². The fourth-order valence-corrected chi connectivity index (χ4v) is 2.81. The van der Waals surface area contributed by atoms with Crippen LogP contribution in [0.4, 0.5) is 13.2 Å². The van der Waals surface area contributed by atoms with Crippen LogP contribution in [0.1, 0.15) is 16.7 Å². The van der Waals surface area contributed by atoms with Gasteiger partial charge in [0, 0.05) is 39.1 Å². The SMILES string of the molecule is CN=C(NCc1ccc(Cn2ccnc2)cc1)NCc1ccc(OCC(F)(F)F)cc1. The number of guanidine groups is 1. The maximum Gasteiger partial charge on any atom is 0.422 e. The normalized spacial score (nSPS) is 11.9. The molecule has 3 rings (SSSR count). The lowest BCUT2D eigenvalue weighted by Gasteiger charge is -2.13. The largest absolute Gasteiger partial charge is 0.484 e. The number of nitrogens with zero attached hydrogens (tertiary/aromatic N) is 3. The Balaban J connectivity index is 1.43. The van der Waals surface area contributed by atoms with Gasteiger partial charge in [0.05, 0.1) is 6.33 Å². The minimum Gasteiger partial charge on any atom is -0.484 e. The van der Waals surface area contributed by atoms with Crippen LogP contribution in [0.2, 0.25) is 0 Å². The Bertz CT molecular complexity index is 952. The molecule has 6 nitrogen and oxygen atoms in total. The molecule has 1 aromatic heterocycles. The van der Waals surface area contributed by atoms with E-state index in [0.29, 0.717) is 19.0 Å². The number of halogens is 3. The lowest BCUT2D eigenvalue weighted by atomic mass is 10.1. The van der Waals surface area contributed by atoms with Crippen LogP contribution in [0.15, 0.2) is 72.2 Å². The van der Waals surface area contributed by atoms with Crippen LogP contribution in [0.5, 0.6) is 5.75 Å². The maximum absolute atomic E-state index is 12.2. The predicted octanol–water partition coefficient (Wildman–Crippen LogP) is 3.74. The molecule has 0 aliphatic heterocycles. The molecule has 0 unspecified atom stereocenters. The van der Waals surface area contributed by atoms with Crippen molar-refractivity contribution in [2.75, 3.05) is 13.7 Å². The van der Waals surface area contributed by atoms with Crippen molar-refractivity contribution in [1.29, 1.82) is 0 Å². The summed E-state index contributed by atoms with van der Waals surface area (Å²) in [6.07, 6.45) is 1.12. The molecule has 0 atom stereocenters. The van der Waals surface area contributed by atoms with Gasteiger partial charge in [0.25, 0.3) is 0 Å². The number of benzene rings is 2. The van der Waals surface area contributed by atoms with Crippen LogP contribution >= 0.6 is 0 Å². The minimum absolute atomic E-state index is 0.181. The van der Waals surface area contributed by atoms with Gasteiger partial charge in [-0.15, -0.1) is 0 Å². The molecule has 2 N–H and O–H groups in total. The number of rotatable bonds is 8. The highest BCUT2D eigenvalue weighted by Crippen LogP contribution is 2.18. The second-order valence-corrected chi connectivity index (χ2v) is 6.88. The lowest BCUT2D eigenvalue weighted by Crippen LogP contribution is -2.36. The number of hydrogen-bond donors (Lipinski definition) is 2. The molecule has 0 aliphatic rings. The predicted molar refractivity (Wildman–Crippen MR) is 113 cm³/mol. The third-order valence-electron chi connectivity index (χ3n) is 4.42. The van der Waals surface area contributed by atoms with Gasteiger partial charge in [-0.05, 0) is 28.8 Å². The van der Waals surface area contributed by atoms with Crippen LogP contribution in [0.3, 0.4) is 0 Å². The summed E-state index contributed by atoms with van der Waals surface area (Å²) < 4.78 is 43.3. The van der Waals surface area contributed by atoms with Crippen LogP contribution in [-0.2, 0) is 19.6 Å². The summed E-state index contributed by atoms with van der Waals surface area (Å²) >= 11 is 0. The quantitative estimate of drug-likeness (QED) is 0.421. The topological polar surface area (TPSA) is 63.5 Å². The number of ether oxygens (including phenoxy) is 1. The Labute approximate surface area is 178 Å². The molecular weight excluding hydrogens is 407 g/mol. The van der Waals surface area contributed by atoms with Gasteiger partial charge in [-0.1, -0.05) is 36.4 Å². The van der Waals surface area contributed by atoms with Crippen molar-refractivity contribution in [2.24, 2.45) is 4.99 Å². The zero-order valence-electron chi connectivity index (χ0n) is 17.1. The summed E-state index contributed by atoms with van der Waals surface area (Å²) in [5.74, 6) is 0.806. The zero-order valence-corrected chi connectivity index (χ0v) is 17.1. The maximum atomic E-state index is 12.2. The van der Waals surface area contributed by atoms with E-state index in [4.69, 9.17) is 4.74 Å².